The molecule has 1 aliphatic heterocycles. The molecule has 0 saturated heterocycles. The van der Waals surface area contributed by atoms with Crippen molar-refractivity contribution in [3.05, 3.63) is 12.2 Å². The molecular formula is C16H24O6. The van der Waals surface area contributed by atoms with Crippen LogP contribution < -0.4 is 0 Å². The van der Waals surface area contributed by atoms with Gasteiger partial charge in [-0.1, -0.05) is 0 Å². The molecule has 0 aromatic rings. The van der Waals surface area contributed by atoms with Crippen LogP contribution in [0.3, 0.4) is 0 Å². The summed E-state index contributed by atoms with van der Waals surface area (Å²) in [5.41, 5.74) is 0. The molecule has 3 unspecified atom stereocenters. The third kappa shape index (κ3) is 7.93. The zero-order valence-corrected chi connectivity index (χ0v) is 13.1. The number of carbonyl (C=O) groups excluding carboxylic acids is 3. The minimum absolute atomic E-state index is 0.0504. The van der Waals surface area contributed by atoms with Crippen LogP contribution >= 0.6 is 0 Å². The van der Waals surface area contributed by atoms with Gasteiger partial charge >= 0.3 is 11.9 Å². The summed E-state index contributed by atoms with van der Waals surface area (Å²) in [5.74, 6) is -0.992. The molecule has 0 aromatic carbocycles. The van der Waals surface area contributed by atoms with Crippen LogP contribution in [-0.2, 0) is 23.9 Å². The third-order valence-electron chi connectivity index (χ3n) is 3.41. The average molecular weight is 312 g/mol. The number of hydrogen-bond donors (Lipinski definition) is 1. The van der Waals surface area contributed by atoms with Gasteiger partial charge in [0.15, 0.2) is 0 Å². The summed E-state index contributed by atoms with van der Waals surface area (Å²) in [6.45, 7) is 3.43. The Bertz CT molecular complexity index is 428. The fraction of sp³-hybridized carbons (Fsp3) is 0.688. The van der Waals surface area contributed by atoms with Crippen molar-refractivity contribution in [3.63, 3.8) is 0 Å². The minimum Gasteiger partial charge on any atom is -0.463 e. The number of esters is 2. The van der Waals surface area contributed by atoms with Crippen LogP contribution in [0.1, 0.15) is 52.4 Å². The van der Waals surface area contributed by atoms with Gasteiger partial charge in [0.2, 0.25) is 0 Å². The lowest BCUT2D eigenvalue weighted by Crippen LogP contribution is -2.19. The number of rotatable bonds is 0. The van der Waals surface area contributed by atoms with Crippen LogP contribution in [0.25, 0.3) is 0 Å². The first-order valence-electron chi connectivity index (χ1n) is 7.65. The van der Waals surface area contributed by atoms with E-state index in [9.17, 15) is 19.5 Å². The topological polar surface area (TPSA) is 89.9 Å². The van der Waals surface area contributed by atoms with E-state index in [1.165, 1.54) is 12.2 Å². The zero-order valence-electron chi connectivity index (χ0n) is 13.1. The molecular weight excluding hydrogens is 288 g/mol. The van der Waals surface area contributed by atoms with E-state index in [4.69, 9.17) is 9.47 Å². The Morgan fingerprint density at radius 2 is 1.64 bits per heavy atom. The molecule has 0 spiro atoms. The highest BCUT2D eigenvalue weighted by Gasteiger charge is 2.15. The highest BCUT2D eigenvalue weighted by atomic mass is 16.5. The van der Waals surface area contributed by atoms with E-state index in [-0.39, 0.29) is 31.1 Å². The molecule has 124 valence electrons. The number of aliphatic hydroxyl groups is 1. The van der Waals surface area contributed by atoms with Crippen molar-refractivity contribution < 1.29 is 29.0 Å². The standard InChI is InChI=1S/C16H24O6/c1-11-3-5-13(17)8-10-16(20)22-12(2)4-6-14(18)7-9-15(19)21-11/h7,9,11-12,14,18H,3-6,8,10H2,1-2H3. The maximum atomic E-state index is 11.7. The van der Waals surface area contributed by atoms with E-state index in [1.54, 1.807) is 13.8 Å². The normalized spacial score (nSPS) is 29.8. The van der Waals surface area contributed by atoms with Gasteiger partial charge in [-0.3, -0.25) is 9.59 Å². The van der Waals surface area contributed by atoms with Gasteiger partial charge < -0.3 is 14.6 Å². The summed E-state index contributed by atoms with van der Waals surface area (Å²) >= 11 is 0. The second-order valence-corrected chi connectivity index (χ2v) is 5.63. The molecule has 0 aromatic heterocycles. The second kappa shape index (κ2) is 9.35. The third-order valence-corrected chi connectivity index (χ3v) is 3.41. The maximum Gasteiger partial charge on any atom is 0.330 e. The summed E-state index contributed by atoms with van der Waals surface area (Å²) in [4.78, 5) is 34.8. The predicted molar refractivity (Wildman–Crippen MR) is 79.0 cm³/mol. The first kappa shape index (κ1) is 18.4. The zero-order chi connectivity index (χ0) is 16.5. The van der Waals surface area contributed by atoms with Gasteiger partial charge in [0.05, 0.1) is 24.7 Å². The summed E-state index contributed by atoms with van der Waals surface area (Å²) in [7, 11) is 0. The Kier molecular flexibility index (Phi) is 7.80. The number of cyclic esters (lactones) is 2. The fourth-order valence-corrected chi connectivity index (χ4v) is 2.06. The highest BCUT2D eigenvalue weighted by molar-refractivity contribution is 5.83. The Morgan fingerprint density at radius 3 is 2.36 bits per heavy atom. The second-order valence-electron chi connectivity index (χ2n) is 5.63. The number of carbonyl (C=O) groups is 3. The van der Waals surface area contributed by atoms with Crippen molar-refractivity contribution in [1.82, 2.24) is 0 Å². The molecule has 1 N–H and O–H groups in total. The van der Waals surface area contributed by atoms with Crippen molar-refractivity contribution >= 4 is 17.7 Å². The summed E-state index contributed by atoms with van der Waals surface area (Å²) in [6.07, 6.45) is 2.71. The molecule has 0 amide bonds. The molecule has 1 rings (SSSR count). The monoisotopic (exact) mass is 312 g/mol. The van der Waals surface area contributed by atoms with E-state index >= 15 is 0 Å². The maximum absolute atomic E-state index is 11.7. The predicted octanol–water partition coefficient (Wildman–Crippen LogP) is 1.69. The van der Waals surface area contributed by atoms with E-state index < -0.39 is 24.1 Å². The van der Waals surface area contributed by atoms with E-state index in [0.717, 1.165) is 0 Å². The molecule has 0 radical (unpaired) electrons. The molecule has 0 aliphatic carbocycles. The van der Waals surface area contributed by atoms with Gasteiger partial charge in [-0.2, -0.15) is 0 Å². The fourth-order valence-electron chi connectivity index (χ4n) is 2.06. The van der Waals surface area contributed by atoms with Crippen LogP contribution in [0.5, 0.6) is 0 Å². The first-order chi connectivity index (χ1) is 10.4. The van der Waals surface area contributed by atoms with E-state index in [1.807, 2.05) is 0 Å². The molecule has 0 fully saturated rings. The minimum atomic E-state index is -0.793. The molecule has 1 heterocycles. The van der Waals surface area contributed by atoms with Crippen molar-refractivity contribution in [2.75, 3.05) is 0 Å². The van der Waals surface area contributed by atoms with Gasteiger partial charge in [0.1, 0.15) is 5.78 Å². The van der Waals surface area contributed by atoms with Crippen LogP contribution in [0.2, 0.25) is 0 Å². The Labute approximate surface area is 130 Å². The van der Waals surface area contributed by atoms with Gasteiger partial charge in [-0.25, -0.2) is 4.79 Å². The van der Waals surface area contributed by atoms with Gasteiger partial charge in [0, 0.05) is 18.9 Å². The molecule has 6 nitrogen and oxygen atoms in total. The number of ether oxygens (including phenoxy) is 2. The summed E-state index contributed by atoms with van der Waals surface area (Å²) < 4.78 is 10.3. The van der Waals surface area contributed by atoms with E-state index in [0.29, 0.717) is 19.3 Å². The summed E-state index contributed by atoms with van der Waals surface area (Å²) in [5, 5.41) is 9.74. The van der Waals surface area contributed by atoms with Crippen molar-refractivity contribution in [3.8, 4) is 0 Å². The molecule has 1 aliphatic rings. The number of Topliss-reactive ketones (excluding diaryl/α,β-unsaturated/α-hetero) is 1. The Hall–Kier alpha value is -1.69. The summed E-state index contributed by atoms with van der Waals surface area (Å²) in [6, 6.07) is 0. The molecule has 3 atom stereocenters. The van der Waals surface area contributed by atoms with Crippen LogP contribution in [-0.4, -0.2) is 41.1 Å². The Morgan fingerprint density at radius 1 is 0.955 bits per heavy atom. The van der Waals surface area contributed by atoms with Crippen LogP contribution in [0.4, 0.5) is 0 Å². The number of ketones is 1. The lowest BCUT2D eigenvalue weighted by Gasteiger charge is -2.15. The SMILES string of the molecule is CC1CCC(=O)CCC(=O)OC(C)CCC(O)C=CC(=O)O1. The van der Waals surface area contributed by atoms with Crippen LogP contribution in [0, 0.1) is 0 Å². The molecule has 6 heteroatoms. The molecule has 22 heavy (non-hydrogen) atoms. The molecule has 0 saturated carbocycles. The van der Waals surface area contributed by atoms with Gasteiger partial charge in [0.25, 0.3) is 0 Å². The van der Waals surface area contributed by atoms with Crippen LogP contribution in [0.15, 0.2) is 12.2 Å². The smallest absolute Gasteiger partial charge is 0.330 e. The quantitative estimate of drug-likeness (QED) is 0.685. The first-order valence-corrected chi connectivity index (χ1v) is 7.65. The lowest BCUT2D eigenvalue weighted by atomic mass is 10.1. The van der Waals surface area contributed by atoms with Crippen molar-refractivity contribution in [2.45, 2.75) is 70.7 Å². The lowest BCUT2D eigenvalue weighted by molar-refractivity contribution is -0.149. The Balaban J connectivity index is 2.65. The molecule has 0 bridgehead atoms. The average Bonchev–Trinajstić information content (AvgIpc) is 2.46. The van der Waals surface area contributed by atoms with Crippen molar-refractivity contribution in [2.24, 2.45) is 0 Å². The van der Waals surface area contributed by atoms with E-state index in [2.05, 4.69) is 0 Å². The van der Waals surface area contributed by atoms with Gasteiger partial charge in [-0.15, -0.1) is 0 Å². The number of aliphatic hydroxyl groups excluding tert-OH is 1. The number of hydrogen-bond acceptors (Lipinski definition) is 6. The largest absolute Gasteiger partial charge is 0.463 e. The van der Waals surface area contributed by atoms with Crippen molar-refractivity contribution in [1.29, 1.82) is 0 Å². The van der Waals surface area contributed by atoms with Gasteiger partial charge in [-0.05, 0) is 39.2 Å². The highest BCUT2D eigenvalue weighted by Crippen LogP contribution is 2.11.